The molecule has 3 aromatic rings. The standard InChI is InChI=1S/C29H33ClN2O2S/c1-3-18-31-29(34)27(20-23-7-5-4-6-8-23)32(21-24-11-9-22(2)10-12-24)28(33)17-19-35-26-15-13-25(30)14-16-26/h4-16,27H,3,17-21H2,1-2H3,(H,31,34). The minimum Gasteiger partial charge on any atom is -0.354 e. The summed E-state index contributed by atoms with van der Waals surface area (Å²) in [6.07, 6.45) is 1.65. The summed E-state index contributed by atoms with van der Waals surface area (Å²) in [5, 5.41) is 3.71. The van der Waals surface area contributed by atoms with Crippen LogP contribution in [0.4, 0.5) is 0 Å². The van der Waals surface area contributed by atoms with Gasteiger partial charge in [0.15, 0.2) is 0 Å². The molecule has 0 aliphatic rings. The summed E-state index contributed by atoms with van der Waals surface area (Å²) in [6.45, 7) is 5.04. The van der Waals surface area contributed by atoms with Crippen LogP contribution < -0.4 is 5.32 Å². The largest absolute Gasteiger partial charge is 0.354 e. The number of nitrogens with one attached hydrogen (secondary N) is 1. The Hall–Kier alpha value is -2.76. The number of hydrogen-bond donors (Lipinski definition) is 1. The highest BCUT2D eigenvalue weighted by molar-refractivity contribution is 7.99. The topological polar surface area (TPSA) is 49.4 Å². The summed E-state index contributed by atoms with van der Waals surface area (Å²) in [5.74, 6) is 0.487. The maximum absolute atomic E-state index is 13.6. The first-order chi connectivity index (χ1) is 17.0. The van der Waals surface area contributed by atoms with Gasteiger partial charge in [-0.05, 0) is 48.7 Å². The fourth-order valence-corrected chi connectivity index (χ4v) is 4.71. The number of benzene rings is 3. The van der Waals surface area contributed by atoms with Crippen LogP contribution in [0.3, 0.4) is 0 Å². The molecule has 0 radical (unpaired) electrons. The van der Waals surface area contributed by atoms with E-state index >= 15 is 0 Å². The van der Waals surface area contributed by atoms with Crippen molar-refractivity contribution < 1.29 is 9.59 Å². The fourth-order valence-electron chi connectivity index (χ4n) is 3.74. The third kappa shape index (κ3) is 8.75. The van der Waals surface area contributed by atoms with Crippen LogP contribution in [0.2, 0.25) is 5.02 Å². The van der Waals surface area contributed by atoms with Crippen molar-refractivity contribution in [2.45, 2.75) is 50.6 Å². The summed E-state index contributed by atoms with van der Waals surface area (Å²) < 4.78 is 0. The maximum atomic E-state index is 13.6. The molecule has 0 heterocycles. The molecule has 0 aromatic heterocycles. The lowest BCUT2D eigenvalue weighted by Gasteiger charge is -2.31. The molecule has 3 aromatic carbocycles. The van der Waals surface area contributed by atoms with Gasteiger partial charge in [-0.25, -0.2) is 0 Å². The Kier molecular flexibility index (Phi) is 10.7. The first-order valence-corrected chi connectivity index (χ1v) is 13.4. The zero-order valence-corrected chi connectivity index (χ0v) is 21.9. The third-order valence-corrected chi connectivity index (χ3v) is 6.96. The van der Waals surface area contributed by atoms with Crippen LogP contribution in [0, 0.1) is 6.92 Å². The first-order valence-electron chi connectivity index (χ1n) is 12.0. The van der Waals surface area contributed by atoms with E-state index in [1.54, 1.807) is 16.7 Å². The number of carbonyl (C=O) groups is 2. The van der Waals surface area contributed by atoms with Crippen molar-refractivity contribution in [3.8, 4) is 0 Å². The van der Waals surface area contributed by atoms with Gasteiger partial charge in [0.05, 0.1) is 0 Å². The first kappa shape index (κ1) is 26.8. The summed E-state index contributed by atoms with van der Waals surface area (Å²) >= 11 is 7.60. The molecule has 4 nitrogen and oxygen atoms in total. The van der Waals surface area contributed by atoms with Crippen molar-refractivity contribution in [1.29, 1.82) is 0 Å². The van der Waals surface area contributed by atoms with Gasteiger partial charge in [-0.3, -0.25) is 9.59 Å². The molecule has 2 amide bonds. The Labute approximate surface area is 218 Å². The lowest BCUT2D eigenvalue weighted by Crippen LogP contribution is -2.50. The minimum atomic E-state index is -0.585. The number of hydrogen-bond acceptors (Lipinski definition) is 3. The van der Waals surface area contributed by atoms with Crippen LogP contribution in [0.1, 0.15) is 36.5 Å². The van der Waals surface area contributed by atoms with Crippen molar-refractivity contribution in [2.75, 3.05) is 12.3 Å². The highest BCUT2D eigenvalue weighted by atomic mass is 35.5. The van der Waals surface area contributed by atoms with Gasteiger partial charge >= 0.3 is 0 Å². The highest BCUT2D eigenvalue weighted by Crippen LogP contribution is 2.22. The molecule has 0 aliphatic heterocycles. The predicted octanol–water partition coefficient (Wildman–Crippen LogP) is 6.30. The molecule has 3 rings (SSSR count). The number of amides is 2. The molecule has 0 spiro atoms. The molecule has 0 saturated heterocycles. The van der Waals surface area contributed by atoms with Gasteiger partial charge in [-0.15, -0.1) is 11.8 Å². The van der Waals surface area contributed by atoms with E-state index in [2.05, 4.69) is 5.32 Å². The molecule has 6 heteroatoms. The van der Waals surface area contributed by atoms with E-state index in [4.69, 9.17) is 11.6 Å². The van der Waals surface area contributed by atoms with Crippen molar-refractivity contribution in [3.05, 3.63) is 101 Å². The maximum Gasteiger partial charge on any atom is 0.243 e. The molecule has 0 aliphatic carbocycles. The smallest absolute Gasteiger partial charge is 0.243 e. The summed E-state index contributed by atoms with van der Waals surface area (Å²) in [4.78, 5) is 29.7. The Bertz CT molecular complexity index is 1070. The number of thioether (sulfide) groups is 1. The fraction of sp³-hybridized carbons (Fsp3) is 0.310. The van der Waals surface area contributed by atoms with E-state index in [0.717, 1.165) is 28.0 Å². The Balaban J connectivity index is 1.81. The zero-order chi connectivity index (χ0) is 25.0. The minimum absolute atomic E-state index is 0.0281. The van der Waals surface area contributed by atoms with Gasteiger partial charge in [0.2, 0.25) is 11.8 Å². The lowest BCUT2D eigenvalue weighted by atomic mass is 10.0. The van der Waals surface area contributed by atoms with Crippen LogP contribution in [0.25, 0.3) is 0 Å². The number of nitrogens with zero attached hydrogens (tertiary/aromatic N) is 1. The SMILES string of the molecule is CCCNC(=O)C(Cc1ccccc1)N(Cc1ccc(C)cc1)C(=O)CCSc1ccc(Cl)cc1. The summed E-state index contributed by atoms with van der Waals surface area (Å²) in [7, 11) is 0. The molecule has 184 valence electrons. The second-order valence-electron chi connectivity index (χ2n) is 8.56. The second-order valence-corrected chi connectivity index (χ2v) is 10.2. The van der Waals surface area contributed by atoms with Gasteiger partial charge in [0, 0.05) is 41.6 Å². The molecule has 1 unspecified atom stereocenters. The number of halogens is 1. The summed E-state index contributed by atoms with van der Waals surface area (Å²) in [5.41, 5.74) is 3.20. The predicted molar refractivity (Wildman–Crippen MR) is 146 cm³/mol. The van der Waals surface area contributed by atoms with Crippen molar-refractivity contribution in [2.24, 2.45) is 0 Å². The molecule has 0 saturated carbocycles. The Morgan fingerprint density at radius 2 is 1.63 bits per heavy atom. The summed E-state index contributed by atoms with van der Waals surface area (Å²) in [6, 6.07) is 25.1. The number of aryl methyl sites for hydroxylation is 1. The molecule has 1 atom stereocenters. The van der Waals surface area contributed by atoms with Crippen LogP contribution in [0.5, 0.6) is 0 Å². The van der Waals surface area contributed by atoms with E-state index in [0.29, 0.717) is 36.7 Å². The van der Waals surface area contributed by atoms with E-state index < -0.39 is 6.04 Å². The van der Waals surface area contributed by atoms with Crippen LogP contribution >= 0.6 is 23.4 Å². The van der Waals surface area contributed by atoms with Crippen LogP contribution in [-0.2, 0) is 22.6 Å². The Morgan fingerprint density at radius 1 is 0.943 bits per heavy atom. The Morgan fingerprint density at radius 3 is 2.29 bits per heavy atom. The molecule has 0 fully saturated rings. The van der Waals surface area contributed by atoms with Crippen molar-refractivity contribution in [1.82, 2.24) is 10.2 Å². The van der Waals surface area contributed by atoms with Gasteiger partial charge in [0.25, 0.3) is 0 Å². The highest BCUT2D eigenvalue weighted by Gasteiger charge is 2.30. The average Bonchev–Trinajstić information content (AvgIpc) is 2.87. The van der Waals surface area contributed by atoms with Crippen LogP contribution in [0.15, 0.2) is 83.8 Å². The number of carbonyl (C=O) groups excluding carboxylic acids is 2. The van der Waals surface area contributed by atoms with Gasteiger partial charge in [-0.1, -0.05) is 78.7 Å². The van der Waals surface area contributed by atoms with Gasteiger partial charge < -0.3 is 10.2 Å². The second kappa shape index (κ2) is 14.0. The monoisotopic (exact) mass is 508 g/mol. The van der Waals surface area contributed by atoms with Crippen molar-refractivity contribution in [3.63, 3.8) is 0 Å². The van der Waals surface area contributed by atoms with E-state index in [-0.39, 0.29) is 11.8 Å². The van der Waals surface area contributed by atoms with Crippen molar-refractivity contribution >= 4 is 35.2 Å². The molecular weight excluding hydrogens is 476 g/mol. The zero-order valence-electron chi connectivity index (χ0n) is 20.4. The third-order valence-electron chi connectivity index (χ3n) is 5.69. The normalized spacial score (nSPS) is 11.6. The van der Waals surface area contributed by atoms with E-state index in [9.17, 15) is 9.59 Å². The van der Waals surface area contributed by atoms with E-state index in [1.807, 2.05) is 92.7 Å². The average molecular weight is 509 g/mol. The van der Waals surface area contributed by atoms with Gasteiger partial charge in [0.1, 0.15) is 6.04 Å². The lowest BCUT2D eigenvalue weighted by molar-refractivity contribution is -0.141. The number of rotatable bonds is 12. The molecular formula is C29H33ClN2O2S. The molecule has 1 N–H and O–H groups in total. The molecule has 35 heavy (non-hydrogen) atoms. The molecule has 0 bridgehead atoms. The van der Waals surface area contributed by atoms with Crippen LogP contribution in [-0.4, -0.2) is 35.1 Å². The van der Waals surface area contributed by atoms with Gasteiger partial charge in [-0.2, -0.15) is 0 Å². The van der Waals surface area contributed by atoms with E-state index in [1.165, 1.54) is 0 Å². The quantitative estimate of drug-likeness (QED) is 0.292.